The second kappa shape index (κ2) is 4.64. The van der Waals surface area contributed by atoms with E-state index in [9.17, 15) is 13.6 Å². The van der Waals surface area contributed by atoms with E-state index in [4.69, 9.17) is 9.84 Å². The van der Waals surface area contributed by atoms with Crippen molar-refractivity contribution in [2.45, 2.75) is 45.6 Å². The quantitative estimate of drug-likeness (QED) is 0.791. The molecule has 0 aromatic rings. The predicted molar refractivity (Wildman–Crippen MR) is 62.6 cm³/mol. The van der Waals surface area contributed by atoms with Crippen LogP contribution in [0.25, 0.3) is 0 Å². The molecule has 0 saturated carbocycles. The number of carbonyl (C=O) groups excluding carboxylic acids is 1. The Bertz CT molecular complexity index is 328. The Labute approximate surface area is 106 Å². The molecule has 1 aliphatic rings. The molecule has 1 N–H and O–H groups in total. The van der Waals surface area contributed by atoms with Crippen LogP contribution in [0.4, 0.5) is 13.6 Å². The maximum atomic E-state index is 13.7. The number of hydrogen-bond acceptors (Lipinski definition) is 3. The number of piperidine rings is 1. The number of rotatable bonds is 1. The molecule has 1 aliphatic heterocycles. The Hall–Kier alpha value is -0.910. The molecule has 0 aromatic carbocycles. The van der Waals surface area contributed by atoms with Crippen molar-refractivity contribution < 1.29 is 23.4 Å². The number of likely N-dealkylation sites (tertiary alicyclic amines) is 1. The molecule has 6 heteroatoms. The Balaban J connectivity index is 2.76. The first-order valence-corrected chi connectivity index (χ1v) is 5.97. The number of carbonyl (C=O) groups is 1. The summed E-state index contributed by atoms with van der Waals surface area (Å²) in [6.45, 7) is 5.50. The molecule has 1 heterocycles. The average molecular weight is 265 g/mol. The summed E-state index contributed by atoms with van der Waals surface area (Å²) in [4.78, 5) is 13.0. The molecule has 0 spiro atoms. The molecule has 1 amide bonds. The lowest BCUT2D eigenvalue weighted by molar-refractivity contribution is -0.171. The number of halogens is 2. The Morgan fingerprint density at radius 2 is 2.00 bits per heavy atom. The summed E-state index contributed by atoms with van der Waals surface area (Å²) in [5.74, 6) is -2.97. The molecule has 0 bridgehead atoms. The van der Waals surface area contributed by atoms with Gasteiger partial charge < -0.3 is 14.7 Å². The number of hydrogen-bond donors (Lipinski definition) is 1. The van der Waals surface area contributed by atoms with Crippen LogP contribution in [0.3, 0.4) is 0 Å². The standard InChI is InChI=1S/C12H21F2NO3/c1-10(2,3)18-9(17)15-6-5-12(13,14)11(4,7-15)8-16/h16H,5-8H2,1-4H3. The highest BCUT2D eigenvalue weighted by Crippen LogP contribution is 2.43. The number of aliphatic hydroxyl groups excluding tert-OH is 1. The Kier molecular flexibility index (Phi) is 3.91. The molecule has 1 unspecified atom stereocenters. The van der Waals surface area contributed by atoms with Gasteiger partial charge >= 0.3 is 6.09 Å². The van der Waals surface area contributed by atoms with E-state index >= 15 is 0 Å². The second-order valence-electron chi connectivity index (χ2n) is 6.08. The van der Waals surface area contributed by atoms with E-state index in [0.717, 1.165) is 0 Å². The van der Waals surface area contributed by atoms with Gasteiger partial charge in [0, 0.05) is 19.5 Å². The fraction of sp³-hybridized carbons (Fsp3) is 0.917. The Morgan fingerprint density at radius 1 is 1.44 bits per heavy atom. The van der Waals surface area contributed by atoms with E-state index in [0.29, 0.717) is 0 Å². The van der Waals surface area contributed by atoms with Crippen molar-refractivity contribution in [3.8, 4) is 0 Å². The second-order valence-corrected chi connectivity index (χ2v) is 6.08. The molecule has 0 aromatic heterocycles. The van der Waals surface area contributed by atoms with Crippen LogP contribution < -0.4 is 0 Å². The maximum absolute atomic E-state index is 13.7. The van der Waals surface area contributed by atoms with Crippen molar-refractivity contribution in [1.82, 2.24) is 4.90 Å². The lowest BCUT2D eigenvalue weighted by atomic mass is 9.79. The molecule has 0 aliphatic carbocycles. The smallest absolute Gasteiger partial charge is 0.410 e. The molecular weight excluding hydrogens is 244 g/mol. The molecular formula is C12H21F2NO3. The summed E-state index contributed by atoms with van der Waals surface area (Å²) in [6, 6.07) is 0. The van der Waals surface area contributed by atoms with Gasteiger partial charge in [-0.3, -0.25) is 0 Å². The van der Waals surface area contributed by atoms with E-state index in [1.165, 1.54) is 11.8 Å². The average Bonchev–Trinajstić information content (AvgIpc) is 2.19. The zero-order valence-corrected chi connectivity index (χ0v) is 11.3. The highest BCUT2D eigenvalue weighted by Gasteiger charge is 2.54. The number of ether oxygens (including phenoxy) is 1. The van der Waals surface area contributed by atoms with Gasteiger partial charge in [0.25, 0.3) is 5.92 Å². The van der Waals surface area contributed by atoms with Gasteiger partial charge in [0.15, 0.2) is 0 Å². The van der Waals surface area contributed by atoms with Gasteiger partial charge in [-0.05, 0) is 27.7 Å². The summed E-state index contributed by atoms with van der Waals surface area (Å²) < 4.78 is 32.5. The van der Waals surface area contributed by atoms with Crippen LogP contribution in [0.2, 0.25) is 0 Å². The largest absolute Gasteiger partial charge is 0.444 e. The summed E-state index contributed by atoms with van der Waals surface area (Å²) in [5, 5.41) is 9.16. The number of amides is 1. The first-order chi connectivity index (χ1) is 8.01. The van der Waals surface area contributed by atoms with Gasteiger partial charge in [0.2, 0.25) is 0 Å². The minimum absolute atomic E-state index is 0.0580. The molecule has 4 nitrogen and oxygen atoms in total. The SMILES string of the molecule is CC(C)(C)OC(=O)N1CCC(F)(F)C(C)(CO)C1. The van der Waals surface area contributed by atoms with Crippen LogP contribution in [0, 0.1) is 5.41 Å². The van der Waals surface area contributed by atoms with E-state index in [2.05, 4.69) is 0 Å². The third-order valence-electron chi connectivity index (χ3n) is 3.12. The normalized spacial score (nSPS) is 28.1. The first-order valence-electron chi connectivity index (χ1n) is 5.97. The summed E-state index contributed by atoms with van der Waals surface area (Å²) in [6.07, 6.45) is -1.07. The van der Waals surface area contributed by atoms with Gasteiger partial charge in [-0.25, -0.2) is 13.6 Å². The molecule has 1 rings (SSSR count). The van der Waals surface area contributed by atoms with E-state index < -0.39 is 36.1 Å². The summed E-state index contributed by atoms with van der Waals surface area (Å²) in [7, 11) is 0. The third kappa shape index (κ3) is 3.10. The molecule has 0 radical (unpaired) electrons. The molecule has 1 atom stereocenters. The van der Waals surface area contributed by atoms with E-state index in [1.54, 1.807) is 20.8 Å². The van der Waals surface area contributed by atoms with Crippen LogP contribution in [-0.2, 0) is 4.74 Å². The minimum atomic E-state index is -2.97. The van der Waals surface area contributed by atoms with Gasteiger partial charge in [-0.1, -0.05) is 0 Å². The van der Waals surface area contributed by atoms with Crippen molar-refractivity contribution in [3.05, 3.63) is 0 Å². The van der Waals surface area contributed by atoms with Crippen molar-refractivity contribution in [2.75, 3.05) is 19.7 Å². The fourth-order valence-electron chi connectivity index (χ4n) is 1.84. The lowest BCUT2D eigenvalue weighted by Gasteiger charge is -2.44. The van der Waals surface area contributed by atoms with Gasteiger partial charge in [-0.15, -0.1) is 0 Å². The summed E-state index contributed by atoms with van der Waals surface area (Å²) >= 11 is 0. The molecule has 1 fully saturated rings. The van der Waals surface area contributed by atoms with Crippen LogP contribution in [0.5, 0.6) is 0 Å². The third-order valence-corrected chi connectivity index (χ3v) is 3.12. The van der Waals surface area contributed by atoms with Gasteiger partial charge in [0.05, 0.1) is 12.0 Å². The van der Waals surface area contributed by atoms with Crippen molar-refractivity contribution in [3.63, 3.8) is 0 Å². The van der Waals surface area contributed by atoms with Crippen molar-refractivity contribution >= 4 is 6.09 Å². The summed E-state index contributed by atoms with van der Waals surface area (Å²) in [5.41, 5.74) is -2.27. The van der Waals surface area contributed by atoms with Crippen LogP contribution in [-0.4, -0.2) is 47.3 Å². The maximum Gasteiger partial charge on any atom is 0.410 e. The zero-order valence-electron chi connectivity index (χ0n) is 11.3. The van der Waals surface area contributed by atoms with Gasteiger partial charge in [-0.2, -0.15) is 0 Å². The van der Waals surface area contributed by atoms with Gasteiger partial charge in [0.1, 0.15) is 5.60 Å². The number of aliphatic hydroxyl groups is 1. The molecule has 106 valence electrons. The number of nitrogens with zero attached hydrogens (tertiary/aromatic N) is 1. The van der Waals surface area contributed by atoms with Crippen LogP contribution in [0.1, 0.15) is 34.1 Å². The monoisotopic (exact) mass is 265 g/mol. The topological polar surface area (TPSA) is 49.8 Å². The van der Waals surface area contributed by atoms with Crippen molar-refractivity contribution in [2.24, 2.45) is 5.41 Å². The highest BCUT2D eigenvalue weighted by atomic mass is 19.3. The highest BCUT2D eigenvalue weighted by molar-refractivity contribution is 5.68. The minimum Gasteiger partial charge on any atom is -0.444 e. The molecule has 1 saturated heterocycles. The zero-order chi connectivity index (χ0) is 14.2. The van der Waals surface area contributed by atoms with E-state index in [-0.39, 0.29) is 13.1 Å². The molecule has 18 heavy (non-hydrogen) atoms. The lowest BCUT2D eigenvalue weighted by Crippen LogP contribution is -2.57. The van der Waals surface area contributed by atoms with Crippen LogP contribution in [0.15, 0.2) is 0 Å². The Morgan fingerprint density at radius 3 is 2.44 bits per heavy atom. The fourth-order valence-corrected chi connectivity index (χ4v) is 1.84. The predicted octanol–water partition coefficient (Wildman–Crippen LogP) is 2.26. The first kappa shape index (κ1) is 15.1. The van der Waals surface area contributed by atoms with Crippen molar-refractivity contribution in [1.29, 1.82) is 0 Å². The van der Waals surface area contributed by atoms with E-state index in [1.807, 2.05) is 0 Å². The van der Waals surface area contributed by atoms with Crippen LogP contribution >= 0.6 is 0 Å². The number of alkyl halides is 2.